The third-order valence-corrected chi connectivity index (χ3v) is 6.73. The summed E-state index contributed by atoms with van der Waals surface area (Å²) in [6, 6.07) is 22.2. The van der Waals surface area contributed by atoms with Gasteiger partial charge in [-0.3, -0.25) is 0 Å². The molecule has 1 saturated heterocycles. The molecular formula is C29H32O6. The molecule has 2 aliphatic rings. The highest BCUT2D eigenvalue weighted by atomic mass is 16.5. The fourth-order valence-electron chi connectivity index (χ4n) is 4.92. The third-order valence-electron chi connectivity index (χ3n) is 6.73. The van der Waals surface area contributed by atoms with E-state index in [0.717, 1.165) is 40.4 Å². The van der Waals surface area contributed by atoms with Gasteiger partial charge < -0.3 is 29.2 Å². The van der Waals surface area contributed by atoms with Crippen LogP contribution in [-0.2, 0) is 17.6 Å². The van der Waals surface area contributed by atoms with Gasteiger partial charge in [-0.05, 0) is 52.6 Å². The van der Waals surface area contributed by atoms with Gasteiger partial charge in [-0.1, -0.05) is 36.4 Å². The monoisotopic (exact) mass is 476 g/mol. The first kappa shape index (κ1) is 23.7. The second kappa shape index (κ2) is 10.7. The average Bonchev–Trinajstić information content (AvgIpc) is 3.31. The van der Waals surface area contributed by atoms with Crippen molar-refractivity contribution in [2.75, 3.05) is 20.3 Å². The fourth-order valence-corrected chi connectivity index (χ4v) is 4.92. The Morgan fingerprint density at radius 2 is 1.80 bits per heavy atom. The Morgan fingerprint density at radius 1 is 0.971 bits per heavy atom. The molecule has 1 fully saturated rings. The number of hydrogen-bond donors (Lipinski definition) is 2. The largest absolute Gasteiger partial charge is 0.496 e. The second-order valence-electron chi connectivity index (χ2n) is 9.31. The normalized spacial score (nSPS) is 23.4. The van der Waals surface area contributed by atoms with Crippen molar-refractivity contribution in [1.29, 1.82) is 0 Å². The van der Waals surface area contributed by atoms with Crippen LogP contribution in [0.5, 0.6) is 17.2 Å². The maximum absolute atomic E-state index is 10.2. The number of benzene rings is 3. The molecule has 0 spiro atoms. The van der Waals surface area contributed by atoms with Gasteiger partial charge in [0.25, 0.3) is 0 Å². The van der Waals surface area contributed by atoms with Gasteiger partial charge in [0.2, 0.25) is 0 Å². The van der Waals surface area contributed by atoms with E-state index in [2.05, 4.69) is 24.3 Å². The minimum Gasteiger partial charge on any atom is -0.496 e. The first-order valence-corrected chi connectivity index (χ1v) is 12.2. The van der Waals surface area contributed by atoms with Crippen LogP contribution in [0.15, 0.2) is 66.7 Å². The molecule has 0 radical (unpaired) electrons. The lowest BCUT2D eigenvalue weighted by atomic mass is 9.93. The zero-order chi connectivity index (χ0) is 24.2. The molecule has 3 aromatic carbocycles. The summed E-state index contributed by atoms with van der Waals surface area (Å²) in [4.78, 5) is 0. The maximum atomic E-state index is 10.2. The quantitative estimate of drug-likeness (QED) is 0.506. The number of fused-ring (bicyclic) bond motifs is 1. The maximum Gasteiger partial charge on any atom is 0.137 e. The molecule has 6 heteroatoms. The van der Waals surface area contributed by atoms with Crippen molar-refractivity contribution in [3.63, 3.8) is 0 Å². The summed E-state index contributed by atoms with van der Waals surface area (Å²) in [6.07, 6.45) is 1.50. The Kier molecular flexibility index (Phi) is 7.23. The standard InChI is InChI=1S/C29H32O6/c1-32-27-11-8-21(29-16-23(31)15-25(17-30)34-29)13-22(27)12-19-6-9-24(10-7-19)33-18-26-14-20-4-2-3-5-28(20)35-26/h2-11,13,23,25-26,29-31H,12,14-18H2,1H3/t23?,25?,26?,29-/m1/s1. The van der Waals surface area contributed by atoms with Crippen LogP contribution in [0.2, 0.25) is 0 Å². The van der Waals surface area contributed by atoms with Gasteiger partial charge in [-0.25, -0.2) is 0 Å². The molecule has 184 valence electrons. The van der Waals surface area contributed by atoms with Gasteiger partial charge in [0.05, 0.1) is 32.0 Å². The van der Waals surface area contributed by atoms with Crippen LogP contribution in [0.4, 0.5) is 0 Å². The Labute approximate surface area is 206 Å². The van der Waals surface area contributed by atoms with Crippen molar-refractivity contribution >= 4 is 0 Å². The third kappa shape index (κ3) is 5.61. The molecule has 0 saturated carbocycles. The first-order valence-electron chi connectivity index (χ1n) is 12.2. The van der Waals surface area contributed by atoms with Crippen molar-refractivity contribution in [1.82, 2.24) is 0 Å². The molecule has 0 aliphatic carbocycles. The first-order chi connectivity index (χ1) is 17.1. The van der Waals surface area contributed by atoms with Crippen LogP contribution in [0.3, 0.4) is 0 Å². The van der Waals surface area contributed by atoms with Crippen molar-refractivity contribution < 1.29 is 29.2 Å². The van der Waals surface area contributed by atoms with Crippen LogP contribution < -0.4 is 14.2 Å². The number of rotatable bonds is 8. The minimum atomic E-state index is -0.479. The lowest BCUT2D eigenvalue weighted by molar-refractivity contribution is -0.113. The summed E-state index contributed by atoms with van der Waals surface area (Å²) in [5.41, 5.74) is 4.39. The van der Waals surface area contributed by atoms with Gasteiger partial charge in [0.1, 0.15) is 30.0 Å². The van der Waals surface area contributed by atoms with E-state index in [1.807, 2.05) is 42.5 Å². The zero-order valence-corrected chi connectivity index (χ0v) is 19.9. The Morgan fingerprint density at radius 3 is 2.57 bits per heavy atom. The van der Waals surface area contributed by atoms with E-state index >= 15 is 0 Å². The van der Waals surface area contributed by atoms with Crippen molar-refractivity contribution in [3.05, 3.63) is 89.0 Å². The highest BCUT2D eigenvalue weighted by molar-refractivity contribution is 5.42. The molecule has 35 heavy (non-hydrogen) atoms. The van der Waals surface area contributed by atoms with Gasteiger partial charge in [-0.2, -0.15) is 0 Å². The van der Waals surface area contributed by atoms with Crippen LogP contribution in [0.25, 0.3) is 0 Å². The molecule has 0 amide bonds. The van der Waals surface area contributed by atoms with Crippen LogP contribution in [0.1, 0.15) is 41.2 Å². The highest BCUT2D eigenvalue weighted by Crippen LogP contribution is 2.34. The van der Waals surface area contributed by atoms with Crippen LogP contribution in [-0.4, -0.2) is 48.8 Å². The number of aliphatic hydroxyl groups is 2. The van der Waals surface area contributed by atoms with Gasteiger partial charge >= 0.3 is 0 Å². The van der Waals surface area contributed by atoms with E-state index in [1.54, 1.807) is 7.11 Å². The molecule has 2 heterocycles. The molecular weight excluding hydrogens is 444 g/mol. The van der Waals surface area contributed by atoms with E-state index in [4.69, 9.17) is 18.9 Å². The molecule has 3 unspecified atom stereocenters. The molecule has 3 aromatic rings. The second-order valence-corrected chi connectivity index (χ2v) is 9.31. The molecule has 5 rings (SSSR count). The van der Waals surface area contributed by atoms with Gasteiger partial charge in [0, 0.05) is 25.7 Å². The molecule has 6 nitrogen and oxygen atoms in total. The zero-order valence-electron chi connectivity index (χ0n) is 19.9. The summed E-state index contributed by atoms with van der Waals surface area (Å²) in [5, 5.41) is 19.7. The van der Waals surface area contributed by atoms with E-state index in [0.29, 0.717) is 25.9 Å². The van der Waals surface area contributed by atoms with Crippen LogP contribution in [0, 0.1) is 0 Å². The van der Waals surface area contributed by atoms with E-state index in [9.17, 15) is 10.2 Å². The number of hydrogen-bond acceptors (Lipinski definition) is 6. The van der Waals surface area contributed by atoms with Crippen molar-refractivity contribution in [2.24, 2.45) is 0 Å². The Balaban J connectivity index is 1.22. The molecule has 0 bridgehead atoms. The molecule has 0 aromatic heterocycles. The molecule has 2 aliphatic heterocycles. The fraction of sp³-hybridized carbons (Fsp3) is 0.379. The Hall–Kier alpha value is -3.06. The topological polar surface area (TPSA) is 77.4 Å². The Bertz CT molecular complexity index is 1100. The molecule has 4 atom stereocenters. The predicted molar refractivity (Wildman–Crippen MR) is 132 cm³/mol. The molecule has 2 N–H and O–H groups in total. The lowest BCUT2D eigenvalue weighted by Crippen LogP contribution is -2.33. The highest BCUT2D eigenvalue weighted by Gasteiger charge is 2.29. The lowest BCUT2D eigenvalue weighted by Gasteiger charge is -2.32. The number of aliphatic hydroxyl groups excluding tert-OH is 2. The van der Waals surface area contributed by atoms with E-state index in [1.165, 1.54) is 5.56 Å². The van der Waals surface area contributed by atoms with Gasteiger partial charge in [-0.15, -0.1) is 0 Å². The SMILES string of the molecule is COc1ccc([C@H]2CC(O)CC(CO)O2)cc1Cc1ccc(OCC2Cc3ccccc3O2)cc1. The van der Waals surface area contributed by atoms with Crippen LogP contribution >= 0.6 is 0 Å². The summed E-state index contributed by atoms with van der Waals surface area (Å²) < 4.78 is 23.5. The minimum absolute atomic E-state index is 0.0324. The van der Waals surface area contributed by atoms with E-state index in [-0.39, 0.29) is 24.9 Å². The number of ether oxygens (including phenoxy) is 4. The van der Waals surface area contributed by atoms with Crippen molar-refractivity contribution in [3.8, 4) is 17.2 Å². The smallest absolute Gasteiger partial charge is 0.137 e. The summed E-state index contributed by atoms with van der Waals surface area (Å²) >= 11 is 0. The average molecular weight is 477 g/mol. The summed E-state index contributed by atoms with van der Waals surface area (Å²) in [5.74, 6) is 2.57. The van der Waals surface area contributed by atoms with Crippen molar-refractivity contribution in [2.45, 2.75) is 50.1 Å². The summed E-state index contributed by atoms with van der Waals surface area (Å²) in [7, 11) is 1.67. The summed E-state index contributed by atoms with van der Waals surface area (Å²) in [6.45, 7) is 0.413. The van der Waals surface area contributed by atoms with E-state index < -0.39 is 6.10 Å². The number of para-hydroxylation sites is 1. The van der Waals surface area contributed by atoms with Gasteiger partial charge in [0.15, 0.2) is 0 Å². The predicted octanol–water partition coefficient (Wildman–Crippen LogP) is 4.24. The number of methoxy groups -OCH3 is 1.